The Morgan fingerprint density at radius 2 is 1.72 bits per heavy atom. The molecule has 4 fully saturated rings. The van der Waals surface area contributed by atoms with E-state index in [0.717, 1.165) is 78.9 Å². The molecule has 1 aliphatic carbocycles. The highest BCUT2D eigenvalue weighted by Gasteiger charge is 2.41. The second-order valence-electron chi connectivity index (χ2n) is 14.4. The predicted octanol–water partition coefficient (Wildman–Crippen LogP) is 5.98. The van der Waals surface area contributed by atoms with Crippen molar-refractivity contribution in [3.8, 4) is 11.5 Å². The number of carbonyl (C=O) groups is 2. The first-order chi connectivity index (χ1) is 25.6. The molecule has 0 radical (unpaired) electrons. The topological polar surface area (TPSA) is 124 Å². The van der Waals surface area contributed by atoms with Crippen LogP contribution in [0.2, 0.25) is 10.0 Å². The third-order valence-corrected chi connectivity index (χ3v) is 12.6. The van der Waals surface area contributed by atoms with E-state index in [9.17, 15) is 19.9 Å². The maximum atomic E-state index is 13.8. The summed E-state index contributed by atoms with van der Waals surface area (Å²) in [5, 5.41) is 26.7. The van der Waals surface area contributed by atoms with Gasteiger partial charge in [0.25, 0.3) is 0 Å². The van der Waals surface area contributed by atoms with Crippen molar-refractivity contribution in [2.75, 3.05) is 40.0 Å². The Morgan fingerprint density at radius 1 is 1.02 bits per heavy atom. The Hall–Kier alpha value is -3.87. The number of ether oxygens (including phenoxy) is 3. The maximum Gasteiger partial charge on any atom is 0.327 e. The lowest BCUT2D eigenvalue weighted by atomic mass is 9.73. The van der Waals surface area contributed by atoms with Crippen molar-refractivity contribution >= 4 is 46.5 Å². The van der Waals surface area contributed by atoms with Crippen LogP contribution >= 0.6 is 34.5 Å². The number of halogens is 2. The summed E-state index contributed by atoms with van der Waals surface area (Å²) in [6, 6.07) is 16.0. The minimum Gasteiger partial charge on any atom is -0.544 e. The van der Waals surface area contributed by atoms with E-state index >= 15 is 0 Å². The summed E-state index contributed by atoms with van der Waals surface area (Å²) in [7, 11) is 1.58. The molecule has 53 heavy (non-hydrogen) atoms. The van der Waals surface area contributed by atoms with E-state index in [-0.39, 0.29) is 39.3 Å². The van der Waals surface area contributed by atoms with Gasteiger partial charge in [-0.3, -0.25) is 10.5 Å². The zero-order chi connectivity index (χ0) is 37.1. The van der Waals surface area contributed by atoms with Gasteiger partial charge >= 0.3 is 5.97 Å². The number of fused-ring (bicyclic) bond motifs is 3. The zero-order valence-corrected chi connectivity index (χ0v) is 31.9. The Labute approximate surface area is 323 Å². The third-order valence-electron chi connectivity index (χ3n) is 10.9. The summed E-state index contributed by atoms with van der Waals surface area (Å²) < 4.78 is 18.6. The molecular formula is C40H43Cl2N3O7S. The van der Waals surface area contributed by atoms with Crippen LogP contribution in [0, 0.1) is 11.3 Å². The average Bonchev–Trinajstić information content (AvgIpc) is 3.90. The summed E-state index contributed by atoms with van der Waals surface area (Å²) in [5.74, 6) is -0.638. The number of benzene rings is 2. The van der Waals surface area contributed by atoms with Gasteiger partial charge in [0.2, 0.25) is 12.4 Å². The lowest BCUT2D eigenvalue weighted by Gasteiger charge is -2.48. The first-order valence-corrected chi connectivity index (χ1v) is 19.6. The van der Waals surface area contributed by atoms with Gasteiger partial charge in [-0.25, -0.2) is 4.79 Å². The van der Waals surface area contributed by atoms with Crippen molar-refractivity contribution in [3.05, 3.63) is 109 Å². The van der Waals surface area contributed by atoms with Crippen molar-refractivity contribution in [3.63, 3.8) is 0 Å². The number of rotatable bonds is 16. The second kappa shape index (κ2) is 16.2. The van der Waals surface area contributed by atoms with Gasteiger partial charge in [0.1, 0.15) is 16.1 Å². The molecule has 10 nitrogen and oxygen atoms in total. The molecule has 1 saturated carbocycles. The van der Waals surface area contributed by atoms with E-state index in [1.165, 1.54) is 12.4 Å². The molecule has 0 amide bonds. The van der Waals surface area contributed by atoms with Crippen LogP contribution < -0.4 is 24.6 Å². The van der Waals surface area contributed by atoms with Gasteiger partial charge in [-0.1, -0.05) is 59.6 Å². The van der Waals surface area contributed by atoms with Gasteiger partial charge in [0.15, 0.2) is 11.5 Å². The van der Waals surface area contributed by atoms with Crippen molar-refractivity contribution < 1.29 is 38.8 Å². The van der Waals surface area contributed by atoms with Gasteiger partial charge in [-0.2, -0.15) is 0 Å². The number of pyridine rings is 1. The van der Waals surface area contributed by atoms with Crippen LogP contribution in [0.4, 0.5) is 0 Å². The number of hydrogen-bond acceptors (Lipinski definition) is 10. The van der Waals surface area contributed by atoms with Crippen molar-refractivity contribution in [1.29, 1.82) is 0 Å². The fourth-order valence-electron chi connectivity index (χ4n) is 7.43. The highest BCUT2D eigenvalue weighted by Crippen LogP contribution is 2.43. The third kappa shape index (κ3) is 8.76. The fourth-order valence-corrected chi connectivity index (χ4v) is 9.04. The number of aromatic nitrogens is 1. The van der Waals surface area contributed by atoms with Gasteiger partial charge in [0.05, 0.1) is 31.2 Å². The molecule has 2 unspecified atom stereocenters. The molecule has 2 atom stereocenters. The molecule has 4 aromatic rings. The molecule has 4 aliphatic rings. The Morgan fingerprint density at radius 3 is 2.36 bits per heavy atom. The Bertz CT molecular complexity index is 1910. The lowest BCUT2D eigenvalue weighted by molar-refractivity contribution is -0.904. The number of esters is 1. The van der Waals surface area contributed by atoms with Gasteiger partial charge in [-0.05, 0) is 99.0 Å². The van der Waals surface area contributed by atoms with Crippen molar-refractivity contribution in [2.45, 2.75) is 57.0 Å². The van der Waals surface area contributed by atoms with E-state index < -0.39 is 17.9 Å². The highest BCUT2D eigenvalue weighted by atomic mass is 35.5. The van der Waals surface area contributed by atoms with E-state index in [1.807, 2.05) is 48.5 Å². The maximum absolute atomic E-state index is 13.8. The molecule has 2 aromatic heterocycles. The molecule has 8 rings (SSSR count). The fraction of sp³-hybridized carbons (Fsp3) is 0.425. The average molecular weight is 781 g/mol. The highest BCUT2D eigenvalue weighted by molar-refractivity contribution is 7.14. The molecule has 0 spiro atoms. The van der Waals surface area contributed by atoms with Crippen molar-refractivity contribution in [1.82, 2.24) is 10.2 Å². The van der Waals surface area contributed by atoms with Crippen LogP contribution in [-0.4, -0.2) is 62.0 Å². The molecule has 2 N–H and O–H groups in total. The molecule has 280 valence electrons. The number of nitrogens with zero attached hydrogens (tertiary/aromatic N) is 2. The summed E-state index contributed by atoms with van der Waals surface area (Å²) in [4.78, 5) is 29.7. The Kier molecular flexibility index (Phi) is 11.5. The number of methoxy groups -OCH3 is 1. The molecule has 2 aromatic carbocycles. The summed E-state index contributed by atoms with van der Waals surface area (Å²) in [6.07, 6.45) is 8.17. The second-order valence-corrected chi connectivity index (χ2v) is 16.4. The number of thiophene rings is 1. The number of aromatic carboxylic acids is 1. The van der Waals surface area contributed by atoms with E-state index in [2.05, 4.69) is 10.2 Å². The van der Waals surface area contributed by atoms with Crippen LogP contribution in [0.15, 0.2) is 67.0 Å². The normalized spacial score (nSPS) is 20.5. The molecule has 5 heterocycles. The molecule has 13 heteroatoms. The largest absolute Gasteiger partial charge is 0.544 e. The summed E-state index contributed by atoms with van der Waals surface area (Å²) in [5.41, 5.74) is 2.57. The van der Waals surface area contributed by atoms with Crippen LogP contribution in [0.3, 0.4) is 0 Å². The van der Waals surface area contributed by atoms with Crippen LogP contribution in [0.25, 0.3) is 0 Å². The van der Waals surface area contributed by atoms with Gasteiger partial charge < -0.3 is 29.0 Å². The standard InChI is InChI=1S/C40H43Cl2N3O7S/c1-50-34-10-9-27(17-35(34)51-23-25-7-8-25)29(19-31-32(41)21-45(49)22-33(31)42)30-18-28(53-37(30)38(46)47)20-43-36(26-5-3-2-4-6-26)39(48)52-24-40-11-14-44(15-12-40)16-13-40/h2-6,9-10,17-18,21-22,25,29,36,43H,7-8,11-16,19-20,23-24H2,1H3,(H-,46,47,49). The van der Waals surface area contributed by atoms with E-state index in [1.54, 1.807) is 13.2 Å². The molecule has 3 saturated heterocycles. The van der Waals surface area contributed by atoms with Crippen LogP contribution in [-0.2, 0) is 22.5 Å². The Balaban J connectivity index is 1.19. The smallest absolute Gasteiger partial charge is 0.327 e. The summed E-state index contributed by atoms with van der Waals surface area (Å²) >= 11 is 14.3. The number of hydrogen-bond donors (Lipinski definition) is 2. The van der Waals surface area contributed by atoms with E-state index in [0.29, 0.717) is 46.6 Å². The quantitative estimate of drug-likeness (QED) is 0.0804. The first kappa shape index (κ1) is 37.4. The van der Waals surface area contributed by atoms with Crippen LogP contribution in [0.5, 0.6) is 11.5 Å². The first-order valence-electron chi connectivity index (χ1n) is 18.0. The van der Waals surface area contributed by atoms with Crippen LogP contribution in [0.1, 0.15) is 80.9 Å². The van der Waals surface area contributed by atoms with E-state index in [4.69, 9.17) is 37.4 Å². The lowest BCUT2D eigenvalue weighted by Crippen LogP contribution is -2.50. The molecule has 2 bridgehead atoms. The predicted molar refractivity (Wildman–Crippen MR) is 199 cm³/mol. The van der Waals surface area contributed by atoms with Gasteiger partial charge in [-0.15, -0.1) is 11.3 Å². The SMILES string of the molecule is COc1ccc(C(Cc2c(Cl)c[n+](O)cc2Cl)c2cc(CNC(C(=O)OCC34CCN(CC3)CC4)c3ccccc3)sc2C(=O)[O-])cc1OCC1CC1. The number of carboxylic acid groups (broad SMARTS) is 1. The summed E-state index contributed by atoms with van der Waals surface area (Å²) in [6.45, 7) is 4.25. The minimum atomic E-state index is -1.32. The molecular weight excluding hydrogens is 737 g/mol. The number of nitrogens with one attached hydrogen (secondary N) is 1. The van der Waals surface area contributed by atoms with Crippen molar-refractivity contribution in [2.24, 2.45) is 11.3 Å². The van der Waals surface area contributed by atoms with Gasteiger partial charge in [0, 0.05) is 33.0 Å². The minimum absolute atomic E-state index is 0.0267. The molecule has 3 aliphatic heterocycles. The monoisotopic (exact) mass is 779 g/mol. The number of carbonyl (C=O) groups excluding carboxylic acids is 2. The number of piperidine rings is 3. The zero-order valence-electron chi connectivity index (χ0n) is 29.5. The number of carboxylic acids is 1.